The van der Waals surface area contributed by atoms with Gasteiger partial charge in [-0.3, -0.25) is 14.5 Å². The summed E-state index contributed by atoms with van der Waals surface area (Å²) in [5.74, 6) is 0.0586. The maximum absolute atomic E-state index is 15.0. The Balaban J connectivity index is 1.06. The summed E-state index contributed by atoms with van der Waals surface area (Å²) in [6.45, 7) is 4.51. The largest absolute Gasteiger partial charge is 0.395 e. The van der Waals surface area contributed by atoms with Crippen molar-refractivity contribution < 1.29 is 23.9 Å². The van der Waals surface area contributed by atoms with Crippen molar-refractivity contribution in [2.24, 2.45) is 11.1 Å². The maximum atomic E-state index is 15.0. The number of aliphatic hydroxyl groups is 1. The van der Waals surface area contributed by atoms with Crippen molar-refractivity contribution in [3.05, 3.63) is 53.5 Å². The molecule has 0 radical (unpaired) electrons. The molecule has 3 N–H and O–H groups in total. The third-order valence-corrected chi connectivity index (χ3v) is 7.76. The molecule has 3 heterocycles. The minimum absolute atomic E-state index is 0.0785. The highest BCUT2D eigenvalue weighted by molar-refractivity contribution is 6.37. The predicted octanol–water partition coefficient (Wildman–Crippen LogP) is 1.78. The van der Waals surface area contributed by atoms with E-state index in [2.05, 4.69) is 42.8 Å². The fourth-order valence-corrected chi connectivity index (χ4v) is 5.17. The summed E-state index contributed by atoms with van der Waals surface area (Å²) in [6, 6.07) is 9.18. The second-order valence-corrected chi connectivity index (χ2v) is 11.1. The second-order valence-electron chi connectivity index (χ2n) is 11.1. The first-order chi connectivity index (χ1) is 19.9. The van der Waals surface area contributed by atoms with E-state index >= 15 is 4.39 Å². The normalized spacial score (nSPS) is 22.0. The van der Waals surface area contributed by atoms with Crippen LogP contribution in [0.3, 0.4) is 0 Å². The number of piperidine rings is 1. The molecule has 3 aliphatic rings. The molecule has 1 aromatic carbocycles. The average Bonchev–Trinajstić information content (AvgIpc) is 3.81. The Morgan fingerprint density at radius 3 is 2.78 bits per heavy atom. The zero-order valence-corrected chi connectivity index (χ0v) is 23.3. The van der Waals surface area contributed by atoms with Gasteiger partial charge < -0.3 is 25.5 Å². The van der Waals surface area contributed by atoms with Crippen LogP contribution in [0.1, 0.15) is 47.8 Å². The minimum Gasteiger partial charge on any atom is -0.395 e. The van der Waals surface area contributed by atoms with Gasteiger partial charge in [0.15, 0.2) is 0 Å². The van der Waals surface area contributed by atoms with Crippen LogP contribution in [0.4, 0.5) is 10.2 Å². The lowest BCUT2D eigenvalue weighted by atomic mass is 10.00. The number of anilines is 1. The van der Waals surface area contributed by atoms with Gasteiger partial charge in [-0.25, -0.2) is 14.4 Å². The van der Waals surface area contributed by atoms with Gasteiger partial charge >= 0.3 is 0 Å². The molecule has 2 amide bonds. The van der Waals surface area contributed by atoms with E-state index in [1.807, 2.05) is 12.1 Å². The first kappa shape index (κ1) is 28.9. The quantitative estimate of drug-likeness (QED) is 0.277. The summed E-state index contributed by atoms with van der Waals surface area (Å²) >= 11 is 0. The number of carbonyl (C=O) groups excluding carboxylic acids is 2. The Labute approximate surface area is 239 Å². The Hall–Kier alpha value is -3.64. The van der Waals surface area contributed by atoms with Crippen molar-refractivity contribution in [1.29, 1.82) is 0 Å². The topological polar surface area (TPSA) is 132 Å². The molecule has 2 aliphatic heterocycles. The highest BCUT2D eigenvalue weighted by Crippen LogP contribution is 2.29. The van der Waals surface area contributed by atoms with Crippen LogP contribution in [-0.4, -0.2) is 100 Å². The summed E-state index contributed by atoms with van der Waals surface area (Å²) in [6.07, 6.45) is 2.73. The number of benzene rings is 1. The number of nitrogens with zero attached hydrogens (tertiary/aromatic N) is 5. The number of nitrogens with one attached hydrogen (secondary N) is 2. The average molecular weight is 568 g/mol. The van der Waals surface area contributed by atoms with E-state index in [0.717, 1.165) is 32.4 Å². The van der Waals surface area contributed by atoms with Crippen LogP contribution in [0.2, 0.25) is 0 Å². The Morgan fingerprint density at radius 1 is 1.20 bits per heavy atom. The van der Waals surface area contributed by atoms with E-state index in [0.29, 0.717) is 37.9 Å². The summed E-state index contributed by atoms with van der Waals surface area (Å²) in [5.41, 5.74) is 2.93. The number of amides is 2. The van der Waals surface area contributed by atoms with Gasteiger partial charge in [0, 0.05) is 38.8 Å². The number of halogens is 1. The monoisotopic (exact) mass is 567 g/mol. The Morgan fingerprint density at radius 2 is 2.00 bits per heavy atom. The van der Waals surface area contributed by atoms with Gasteiger partial charge in [0.25, 0.3) is 11.8 Å². The molecule has 41 heavy (non-hydrogen) atoms. The molecule has 0 spiro atoms. The van der Waals surface area contributed by atoms with Crippen molar-refractivity contribution in [3.63, 3.8) is 0 Å². The molecule has 220 valence electrons. The number of aliphatic hydroxyl groups excluding tert-OH is 1. The van der Waals surface area contributed by atoms with E-state index in [9.17, 15) is 14.7 Å². The number of rotatable bonds is 11. The lowest BCUT2D eigenvalue weighted by Crippen LogP contribution is -2.51. The van der Waals surface area contributed by atoms with Gasteiger partial charge in [0.05, 0.1) is 18.7 Å². The maximum Gasteiger partial charge on any atom is 0.271 e. The van der Waals surface area contributed by atoms with Crippen molar-refractivity contribution in [3.8, 4) is 0 Å². The molecular formula is C29H38FN7O4. The van der Waals surface area contributed by atoms with Crippen LogP contribution in [0.25, 0.3) is 0 Å². The summed E-state index contributed by atoms with van der Waals surface area (Å²) in [7, 11) is 0. The predicted molar refractivity (Wildman–Crippen MR) is 151 cm³/mol. The number of β-amino-alcohol motifs (C(OH)–C–C–N with tert-alkyl or cyclic N) is 1. The third kappa shape index (κ3) is 7.98. The van der Waals surface area contributed by atoms with Crippen LogP contribution < -0.4 is 10.6 Å². The zero-order chi connectivity index (χ0) is 28.8. The molecule has 12 heteroatoms. The Kier molecular flexibility index (Phi) is 9.40. The zero-order valence-electron chi connectivity index (χ0n) is 23.3. The Bertz CT molecular complexity index is 1260. The number of hydrogen-bond acceptors (Lipinski definition) is 9. The highest BCUT2D eigenvalue weighted by Gasteiger charge is 2.33. The lowest BCUT2D eigenvalue weighted by molar-refractivity contribution is -0.126. The number of aromatic nitrogens is 2. The SMILES string of the molecule is C/C(=N/OCC1CC1)C(=O)N1CCC(Nc2cc(C(=O)NC[C@H](O)CN3CCc4ccccc4C3)ncn2)C(F)C1. The van der Waals surface area contributed by atoms with Crippen LogP contribution in [0, 0.1) is 5.92 Å². The first-order valence-corrected chi connectivity index (χ1v) is 14.3. The van der Waals surface area contributed by atoms with Gasteiger partial charge in [-0.2, -0.15) is 0 Å². The highest BCUT2D eigenvalue weighted by atomic mass is 19.1. The van der Waals surface area contributed by atoms with Crippen molar-refractivity contribution in [2.45, 2.75) is 57.5 Å². The van der Waals surface area contributed by atoms with E-state index in [1.54, 1.807) is 6.92 Å². The molecule has 2 fully saturated rings. The summed E-state index contributed by atoms with van der Waals surface area (Å²) < 4.78 is 15.0. The second kappa shape index (κ2) is 13.3. The van der Waals surface area contributed by atoms with Crippen LogP contribution in [0.5, 0.6) is 0 Å². The molecular weight excluding hydrogens is 529 g/mol. The van der Waals surface area contributed by atoms with Gasteiger partial charge in [0.2, 0.25) is 0 Å². The van der Waals surface area contributed by atoms with E-state index in [-0.39, 0.29) is 30.4 Å². The molecule has 3 atom stereocenters. The van der Waals surface area contributed by atoms with E-state index < -0.39 is 24.2 Å². The van der Waals surface area contributed by atoms with Crippen LogP contribution >= 0.6 is 0 Å². The molecule has 2 unspecified atom stereocenters. The lowest BCUT2D eigenvalue weighted by Gasteiger charge is -2.35. The smallest absolute Gasteiger partial charge is 0.271 e. The molecule has 1 aromatic heterocycles. The van der Waals surface area contributed by atoms with E-state index in [1.165, 1.54) is 28.4 Å². The number of hydrogen-bond donors (Lipinski definition) is 3. The van der Waals surface area contributed by atoms with Gasteiger partial charge in [-0.05, 0) is 49.7 Å². The third-order valence-electron chi connectivity index (χ3n) is 7.76. The molecule has 2 aromatic rings. The molecule has 0 bridgehead atoms. The minimum atomic E-state index is -1.34. The summed E-state index contributed by atoms with van der Waals surface area (Å²) in [5, 5.41) is 20.2. The number of fused-ring (bicyclic) bond motifs is 1. The summed E-state index contributed by atoms with van der Waals surface area (Å²) in [4.78, 5) is 42.4. The van der Waals surface area contributed by atoms with Gasteiger partial charge in [-0.1, -0.05) is 29.4 Å². The van der Waals surface area contributed by atoms with Gasteiger partial charge in [-0.15, -0.1) is 0 Å². The van der Waals surface area contributed by atoms with E-state index in [4.69, 9.17) is 4.84 Å². The van der Waals surface area contributed by atoms with Crippen LogP contribution in [-0.2, 0) is 22.6 Å². The van der Waals surface area contributed by atoms with Gasteiger partial charge in [0.1, 0.15) is 36.3 Å². The fourth-order valence-electron chi connectivity index (χ4n) is 5.17. The molecule has 1 saturated carbocycles. The van der Waals surface area contributed by atoms with Crippen LogP contribution in [0.15, 0.2) is 41.8 Å². The number of alkyl halides is 1. The molecule has 11 nitrogen and oxygen atoms in total. The number of likely N-dealkylation sites (tertiary alicyclic amines) is 1. The molecule has 1 aliphatic carbocycles. The molecule has 1 saturated heterocycles. The number of carbonyl (C=O) groups is 2. The first-order valence-electron chi connectivity index (χ1n) is 14.3. The van der Waals surface area contributed by atoms with Crippen molar-refractivity contribution in [2.75, 3.05) is 44.6 Å². The molecule has 5 rings (SSSR count). The standard InChI is InChI=1S/C29H38FN7O4/c1-19(35-41-17-20-6-7-20)29(40)37-11-9-25(24(30)16-37)34-27-12-26(32-18-33-27)28(39)31-13-23(38)15-36-10-8-21-4-2-3-5-22(21)14-36/h2-5,12,18,20,23-25,38H,6-11,13-17H2,1H3,(H,31,39)(H,32,33,34)/b35-19-/t23-,24?,25?/m0/s1. The van der Waals surface area contributed by atoms with Crippen molar-refractivity contribution >= 4 is 23.3 Å². The fraction of sp³-hybridized carbons (Fsp3) is 0.552. The van der Waals surface area contributed by atoms with Crippen molar-refractivity contribution in [1.82, 2.24) is 25.1 Å². The number of oxime groups is 1.